The molecule has 0 amide bonds. The quantitative estimate of drug-likeness (QED) is 0.752. The van der Waals surface area contributed by atoms with Crippen molar-refractivity contribution in [1.82, 2.24) is 0 Å². The third-order valence-electron chi connectivity index (χ3n) is 3.28. The van der Waals surface area contributed by atoms with Gasteiger partial charge in [0.2, 0.25) is 0 Å². The van der Waals surface area contributed by atoms with Gasteiger partial charge >= 0.3 is 0 Å². The van der Waals surface area contributed by atoms with Gasteiger partial charge in [0.15, 0.2) is 0 Å². The number of nitrogens with one attached hydrogen (secondary N) is 1. The van der Waals surface area contributed by atoms with E-state index in [0.717, 1.165) is 23.2 Å². The summed E-state index contributed by atoms with van der Waals surface area (Å²) in [6.45, 7) is 0.0352. The van der Waals surface area contributed by atoms with Gasteiger partial charge in [0.05, 0.1) is 5.56 Å². The molecule has 1 unspecified atom stereocenters. The van der Waals surface area contributed by atoms with Crippen molar-refractivity contribution >= 4 is 27.1 Å². The topological polar surface area (TPSA) is 32.3 Å². The van der Waals surface area contributed by atoms with Gasteiger partial charge in [-0.2, -0.15) is 0 Å². The van der Waals surface area contributed by atoms with E-state index >= 15 is 0 Å². The van der Waals surface area contributed by atoms with Gasteiger partial charge in [-0.25, -0.2) is 8.78 Å². The van der Waals surface area contributed by atoms with Gasteiger partial charge in [-0.05, 0) is 47.2 Å². The smallest absolute Gasteiger partial charge is 0.132 e. The molecule has 0 aliphatic heterocycles. The summed E-state index contributed by atoms with van der Waals surface area (Å²) in [5.41, 5.74) is 0.498. The van der Waals surface area contributed by atoms with E-state index in [0.29, 0.717) is 0 Å². The van der Waals surface area contributed by atoms with E-state index < -0.39 is 17.7 Å². The number of anilines is 1. The number of aliphatic hydroxyl groups is 1. The predicted molar refractivity (Wildman–Crippen MR) is 81.6 cm³/mol. The fourth-order valence-electron chi connectivity index (χ4n) is 2.22. The summed E-state index contributed by atoms with van der Waals surface area (Å²) in [6, 6.07) is 11.3. The lowest BCUT2D eigenvalue weighted by Gasteiger charge is -2.14. The lowest BCUT2D eigenvalue weighted by molar-refractivity contribution is 0.181. The SMILES string of the molecule is OC(CNc1ccc2sccc2c1)c1c(F)cccc1F. The molecule has 0 saturated heterocycles. The Balaban J connectivity index is 1.74. The lowest BCUT2D eigenvalue weighted by atomic mass is 10.1. The normalized spacial score (nSPS) is 12.5. The first-order valence-corrected chi connectivity index (χ1v) is 7.36. The van der Waals surface area contributed by atoms with Crippen molar-refractivity contribution in [1.29, 1.82) is 0 Å². The van der Waals surface area contributed by atoms with E-state index in [-0.39, 0.29) is 12.1 Å². The van der Waals surface area contributed by atoms with Crippen molar-refractivity contribution in [2.45, 2.75) is 6.10 Å². The zero-order valence-corrected chi connectivity index (χ0v) is 11.8. The number of aliphatic hydroxyl groups excluding tert-OH is 1. The number of benzene rings is 2. The maximum atomic E-state index is 13.6. The van der Waals surface area contributed by atoms with E-state index in [2.05, 4.69) is 5.32 Å². The highest BCUT2D eigenvalue weighted by molar-refractivity contribution is 7.17. The fraction of sp³-hybridized carbons (Fsp3) is 0.125. The second-order valence-corrected chi connectivity index (χ2v) is 5.65. The Bertz CT molecular complexity index is 752. The van der Waals surface area contributed by atoms with E-state index in [4.69, 9.17) is 0 Å². The number of hydrogen-bond acceptors (Lipinski definition) is 3. The maximum Gasteiger partial charge on any atom is 0.132 e. The van der Waals surface area contributed by atoms with Crippen LogP contribution < -0.4 is 5.32 Å². The molecule has 2 aromatic carbocycles. The number of rotatable bonds is 4. The van der Waals surface area contributed by atoms with Crippen LogP contribution in [0.1, 0.15) is 11.7 Å². The van der Waals surface area contributed by atoms with E-state index in [1.54, 1.807) is 11.3 Å². The molecule has 108 valence electrons. The predicted octanol–water partition coefficient (Wildman–Crippen LogP) is 4.33. The van der Waals surface area contributed by atoms with Gasteiger partial charge in [-0.15, -0.1) is 11.3 Å². The molecule has 2 nitrogen and oxygen atoms in total. The molecule has 0 saturated carbocycles. The Hall–Kier alpha value is -1.98. The Labute approximate surface area is 124 Å². The minimum Gasteiger partial charge on any atom is -0.386 e. The molecule has 2 N–H and O–H groups in total. The second-order valence-electron chi connectivity index (χ2n) is 4.71. The zero-order chi connectivity index (χ0) is 14.8. The van der Waals surface area contributed by atoms with E-state index in [1.165, 1.54) is 10.8 Å². The molecule has 1 atom stereocenters. The van der Waals surface area contributed by atoms with E-state index in [1.807, 2.05) is 29.6 Å². The highest BCUT2D eigenvalue weighted by atomic mass is 32.1. The van der Waals surface area contributed by atoms with Gasteiger partial charge in [0.25, 0.3) is 0 Å². The molecule has 0 aliphatic rings. The molecule has 0 bridgehead atoms. The molecule has 0 spiro atoms. The van der Waals surface area contributed by atoms with Crippen molar-refractivity contribution in [3.63, 3.8) is 0 Å². The Kier molecular flexibility index (Phi) is 3.86. The molecule has 3 aromatic rings. The summed E-state index contributed by atoms with van der Waals surface area (Å²) in [7, 11) is 0. The summed E-state index contributed by atoms with van der Waals surface area (Å²) in [5.74, 6) is -1.48. The number of hydrogen-bond donors (Lipinski definition) is 2. The molecule has 0 fully saturated rings. The standard InChI is InChI=1S/C16H13F2NOS/c17-12-2-1-3-13(18)16(12)14(20)9-19-11-4-5-15-10(8-11)6-7-21-15/h1-8,14,19-20H,9H2. The summed E-state index contributed by atoms with van der Waals surface area (Å²) >= 11 is 1.64. The monoisotopic (exact) mass is 305 g/mol. The van der Waals surface area contributed by atoms with Crippen LogP contribution in [0, 0.1) is 11.6 Å². The number of thiophene rings is 1. The molecule has 3 rings (SSSR count). The van der Waals surface area contributed by atoms with Crippen molar-refractivity contribution in [3.8, 4) is 0 Å². The minimum atomic E-state index is -1.25. The molecule has 1 aromatic heterocycles. The van der Waals surface area contributed by atoms with Crippen molar-refractivity contribution in [3.05, 3.63) is 65.0 Å². The second kappa shape index (κ2) is 5.79. The summed E-state index contributed by atoms with van der Waals surface area (Å²) in [6.07, 6.45) is -1.25. The first kappa shape index (κ1) is 14.0. The van der Waals surface area contributed by atoms with Gasteiger partial charge in [0, 0.05) is 16.9 Å². The van der Waals surface area contributed by atoms with Crippen molar-refractivity contribution < 1.29 is 13.9 Å². The highest BCUT2D eigenvalue weighted by Gasteiger charge is 2.17. The zero-order valence-electron chi connectivity index (χ0n) is 11.0. The summed E-state index contributed by atoms with van der Waals surface area (Å²) in [5, 5.41) is 16.1. The van der Waals surface area contributed by atoms with Gasteiger partial charge in [0.1, 0.15) is 17.7 Å². The summed E-state index contributed by atoms with van der Waals surface area (Å²) < 4.78 is 28.3. The van der Waals surface area contributed by atoms with Gasteiger partial charge in [-0.3, -0.25) is 0 Å². The van der Waals surface area contributed by atoms with Crippen LogP contribution in [0.4, 0.5) is 14.5 Å². The molecule has 0 aliphatic carbocycles. The van der Waals surface area contributed by atoms with Crippen molar-refractivity contribution in [2.24, 2.45) is 0 Å². The Morgan fingerprint density at radius 3 is 2.62 bits per heavy atom. The third kappa shape index (κ3) is 2.89. The van der Waals surface area contributed by atoms with Gasteiger partial charge < -0.3 is 10.4 Å². The van der Waals surface area contributed by atoms with Crippen molar-refractivity contribution in [2.75, 3.05) is 11.9 Å². The molecule has 21 heavy (non-hydrogen) atoms. The number of halogens is 2. The van der Waals surface area contributed by atoms with Crippen LogP contribution in [0.5, 0.6) is 0 Å². The fourth-order valence-corrected chi connectivity index (χ4v) is 2.99. The molecular formula is C16H13F2NOS. The molecular weight excluding hydrogens is 292 g/mol. The largest absolute Gasteiger partial charge is 0.386 e. The van der Waals surface area contributed by atoms with Crippen LogP contribution in [-0.2, 0) is 0 Å². The number of fused-ring (bicyclic) bond motifs is 1. The van der Waals surface area contributed by atoms with E-state index in [9.17, 15) is 13.9 Å². The first-order chi connectivity index (χ1) is 10.1. The van der Waals surface area contributed by atoms with Crippen LogP contribution in [0.2, 0.25) is 0 Å². The molecule has 5 heteroatoms. The lowest BCUT2D eigenvalue weighted by Crippen LogP contribution is -2.15. The van der Waals surface area contributed by atoms with Crippen LogP contribution >= 0.6 is 11.3 Å². The van der Waals surface area contributed by atoms with Crippen LogP contribution in [0.25, 0.3) is 10.1 Å². The van der Waals surface area contributed by atoms with Crippen LogP contribution in [0.15, 0.2) is 47.8 Å². The Morgan fingerprint density at radius 2 is 1.86 bits per heavy atom. The van der Waals surface area contributed by atoms with Gasteiger partial charge in [-0.1, -0.05) is 6.07 Å². The molecule has 1 heterocycles. The minimum absolute atomic E-state index is 0.0352. The first-order valence-electron chi connectivity index (χ1n) is 6.48. The third-order valence-corrected chi connectivity index (χ3v) is 4.18. The van der Waals surface area contributed by atoms with Crippen LogP contribution in [0.3, 0.4) is 0 Å². The highest BCUT2D eigenvalue weighted by Crippen LogP contribution is 2.25. The average molecular weight is 305 g/mol. The molecule has 0 radical (unpaired) electrons. The maximum absolute atomic E-state index is 13.6. The van der Waals surface area contributed by atoms with Crippen LogP contribution in [-0.4, -0.2) is 11.7 Å². The average Bonchev–Trinajstić information content (AvgIpc) is 2.92. The summed E-state index contributed by atoms with van der Waals surface area (Å²) in [4.78, 5) is 0. The Morgan fingerprint density at radius 1 is 1.10 bits per heavy atom.